The van der Waals surface area contributed by atoms with Crippen LogP contribution in [-0.2, 0) is 9.59 Å². The molecule has 2 bridgehead atoms. The molecule has 5 rings (SSSR count). The van der Waals surface area contributed by atoms with Gasteiger partial charge in [-0.05, 0) is 43.9 Å². The van der Waals surface area contributed by atoms with E-state index in [0.29, 0.717) is 62.3 Å². The predicted octanol–water partition coefficient (Wildman–Crippen LogP) is 1.38. The van der Waals surface area contributed by atoms with Crippen molar-refractivity contribution in [1.29, 1.82) is 0 Å². The second-order valence-electron chi connectivity index (χ2n) is 9.50. The van der Waals surface area contributed by atoms with E-state index in [2.05, 4.69) is 4.90 Å². The Morgan fingerprint density at radius 3 is 2.29 bits per heavy atom. The third-order valence-corrected chi connectivity index (χ3v) is 7.77. The quantitative estimate of drug-likeness (QED) is 0.682. The van der Waals surface area contributed by atoms with E-state index in [1.807, 2.05) is 14.7 Å². The van der Waals surface area contributed by atoms with Crippen LogP contribution in [0.3, 0.4) is 0 Å². The zero-order chi connectivity index (χ0) is 19.3. The van der Waals surface area contributed by atoms with Gasteiger partial charge < -0.3 is 19.6 Å². The lowest BCUT2D eigenvalue weighted by Crippen LogP contribution is -2.63. The molecular weight excluding hydrogens is 356 g/mol. The highest BCUT2D eigenvalue weighted by Gasteiger charge is 2.45. The number of urea groups is 1. The van der Waals surface area contributed by atoms with Gasteiger partial charge in [0.15, 0.2) is 0 Å². The van der Waals surface area contributed by atoms with Gasteiger partial charge >= 0.3 is 6.03 Å². The van der Waals surface area contributed by atoms with Crippen molar-refractivity contribution >= 4 is 17.8 Å². The maximum atomic E-state index is 13.2. The molecule has 4 aliphatic heterocycles. The molecule has 5 fully saturated rings. The summed E-state index contributed by atoms with van der Waals surface area (Å²) in [5, 5.41) is 0. The minimum atomic E-state index is 0.140. The summed E-state index contributed by atoms with van der Waals surface area (Å²) >= 11 is 0. The molecule has 0 spiro atoms. The Kier molecular flexibility index (Phi) is 4.71. The van der Waals surface area contributed by atoms with Gasteiger partial charge in [0.2, 0.25) is 11.8 Å². The zero-order valence-corrected chi connectivity index (χ0v) is 16.7. The number of piperazine rings is 1. The molecule has 0 aromatic rings. The Morgan fingerprint density at radius 1 is 0.821 bits per heavy atom. The number of carbonyl (C=O) groups excluding carboxylic acids is 3. The van der Waals surface area contributed by atoms with Gasteiger partial charge in [0, 0.05) is 64.2 Å². The zero-order valence-electron chi connectivity index (χ0n) is 16.7. The Hall–Kier alpha value is -1.79. The lowest BCUT2D eigenvalue weighted by atomic mass is 9.76. The van der Waals surface area contributed by atoms with E-state index in [0.717, 1.165) is 51.7 Å². The molecule has 4 heterocycles. The van der Waals surface area contributed by atoms with Crippen LogP contribution in [0.5, 0.6) is 0 Å². The molecule has 7 nitrogen and oxygen atoms in total. The van der Waals surface area contributed by atoms with Gasteiger partial charge in [-0.15, -0.1) is 0 Å². The fourth-order valence-corrected chi connectivity index (χ4v) is 6.00. The van der Waals surface area contributed by atoms with Crippen molar-refractivity contribution in [2.75, 3.05) is 45.8 Å². The summed E-state index contributed by atoms with van der Waals surface area (Å²) in [7, 11) is 0. The summed E-state index contributed by atoms with van der Waals surface area (Å²) in [5.41, 5.74) is 0. The third kappa shape index (κ3) is 3.16. The largest absolute Gasteiger partial charge is 0.339 e. The topological polar surface area (TPSA) is 64.2 Å². The van der Waals surface area contributed by atoms with Crippen molar-refractivity contribution < 1.29 is 14.4 Å². The van der Waals surface area contributed by atoms with Gasteiger partial charge in [-0.3, -0.25) is 9.59 Å². The minimum absolute atomic E-state index is 0.140. The number of hydrogen-bond acceptors (Lipinski definition) is 3. The maximum absolute atomic E-state index is 13.2. The van der Waals surface area contributed by atoms with Gasteiger partial charge in [0.25, 0.3) is 0 Å². The fourth-order valence-electron chi connectivity index (χ4n) is 6.00. The number of fused-ring (bicyclic) bond motifs is 4. The summed E-state index contributed by atoms with van der Waals surface area (Å²) < 4.78 is 0. The van der Waals surface area contributed by atoms with Crippen molar-refractivity contribution in [1.82, 2.24) is 19.6 Å². The first kappa shape index (κ1) is 18.3. The smallest absolute Gasteiger partial charge is 0.320 e. The highest BCUT2D eigenvalue weighted by molar-refractivity contribution is 5.80. The highest BCUT2D eigenvalue weighted by atomic mass is 16.2. The Balaban J connectivity index is 1.18. The molecule has 0 aromatic heterocycles. The first-order valence-electron chi connectivity index (χ1n) is 11.2. The van der Waals surface area contributed by atoms with Crippen LogP contribution in [-0.4, -0.2) is 89.3 Å². The van der Waals surface area contributed by atoms with Gasteiger partial charge in [0.1, 0.15) is 0 Å². The van der Waals surface area contributed by atoms with E-state index in [-0.39, 0.29) is 11.9 Å². The monoisotopic (exact) mass is 388 g/mol. The first-order valence-corrected chi connectivity index (χ1v) is 11.2. The van der Waals surface area contributed by atoms with Crippen molar-refractivity contribution in [3.63, 3.8) is 0 Å². The molecule has 2 unspecified atom stereocenters. The average Bonchev–Trinajstić information content (AvgIpc) is 2.67. The molecule has 5 aliphatic rings. The normalized spacial score (nSPS) is 33.4. The van der Waals surface area contributed by atoms with Crippen LogP contribution in [0.4, 0.5) is 4.79 Å². The van der Waals surface area contributed by atoms with E-state index in [9.17, 15) is 14.4 Å². The molecule has 3 atom stereocenters. The predicted molar refractivity (Wildman–Crippen MR) is 103 cm³/mol. The van der Waals surface area contributed by atoms with Gasteiger partial charge in [0.05, 0.1) is 0 Å². The van der Waals surface area contributed by atoms with E-state index >= 15 is 0 Å². The molecule has 1 aliphatic carbocycles. The first-order chi connectivity index (χ1) is 13.6. The number of piperidine rings is 3. The summed E-state index contributed by atoms with van der Waals surface area (Å²) in [6.45, 7) is 5.03. The van der Waals surface area contributed by atoms with Gasteiger partial charge in [-0.2, -0.15) is 0 Å². The van der Waals surface area contributed by atoms with E-state index < -0.39 is 0 Å². The van der Waals surface area contributed by atoms with Gasteiger partial charge in [-0.25, -0.2) is 4.79 Å². The number of carbonyl (C=O) groups is 3. The molecule has 154 valence electrons. The maximum Gasteiger partial charge on any atom is 0.320 e. The summed E-state index contributed by atoms with van der Waals surface area (Å²) in [4.78, 5) is 45.9. The van der Waals surface area contributed by atoms with Crippen LogP contribution >= 0.6 is 0 Å². The molecule has 0 aromatic carbocycles. The molecule has 0 radical (unpaired) electrons. The highest BCUT2D eigenvalue weighted by Crippen LogP contribution is 2.38. The minimum Gasteiger partial charge on any atom is -0.339 e. The standard InChI is InChI=1S/C21H32N4O3/c26-19-6-2-5-18-17-11-15(13-25(18)19)12-24(14-17)21(28)23-9-7-22(8-10-23)20(27)16-3-1-4-16/h15-18H,1-14H2/t15?,17?,18-/m1/s1. The number of rotatable bonds is 1. The Morgan fingerprint density at radius 2 is 1.57 bits per heavy atom. The lowest BCUT2D eigenvalue weighted by molar-refractivity contribution is -0.144. The summed E-state index contributed by atoms with van der Waals surface area (Å²) in [6.07, 6.45) is 7.18. The van der Waals surface area contributed by atoms with Crippen LogP contribution in [0.15, 0.2) is 0 Å². The van der Waals surface area contributed by atoms with Gasteiger partial charge in [-0.1, -0.05) is 6.42 Å². The lowest BCUT2D eigenvalue weighted by Gasteiger charge is -2.53. The van der Waals surface area contributed by atoms with Crippen molar-refractivity contribution in [2.45, 2.75) is 51.0 Å². The van der Waals surface area contributed by atoms with E-state index in [1.54, 1.807) is 0 Å². The van der Waals surface area contributed by atoms with Crippen LogP contribution in [0.25, 0.3) is 0 Å². The number of amides is 4. The summed E-state index contributed by atoms with van der Waals surface area (Å²) in [5.74, 6) is 1.71. The molecular formula is C21H32N4O3. The molecule has 28 heavy (non-hydrogen) atoms. The van der Waals surface area contributed by atoms with Crippen LogP contribution < -0.4 is 0 Å². The molecule has 1 saturated carbocycles. The van der Waals surface area contributed by atoms with Crippen LogP contribution in [0.2, 0.25) is 0 Å². The van der Waals surface area contributed by atoms with Crippen LogP contribution in [0.1, 0.15) is 44.9 Å². The Labute approximate surface area is 167 Å². The van der Waals surface area contributed by atoms with E-state index in [4.69, 9.17) is 0 Å². The number of hydrogen-bond donors (Lipinski definition) is 0. The fraction of sp³-hybridized carbons (Fsp3) is 0.857. The SMILES string of the molecule is O=C(C1CCC1)N1CCN(C(=O)N2CC3CC(C2)[C@H]2CCCC(=O)N2C3)CC1. The second kappa shape index (κ2) is 7.23. The second-order valence-corrected chi connectivity index (χ2v) is 9.50. The van der Waals surface area contributed by atoms with Crippen molar-refractivity contribution in [3.8, 4) is 0 Å². The molecule has 7 heteroatoms. The Bertz CT molecular complexity index is 656. The average molecular weight is 389 g/mol. The van der Waals surface area contributed by atoms with E-state index in [1.165, 1.54) is 6.42 Å². The van der Waals surface area contributed by atoms with Crippen LogP contribution in [0, 0.1) is 17.8 Å². The third-order valence-electron chi connectivity index (χ3n) is 7.77. The molecule has 4 amide bonds. The number of nitrogens with zero attached hydrogens (tertiary/aromatic N) is 4. The molecule has 4 saturated heterocycles. The summed E-state index contributed by atoms with van der Waals surface area (Å²) in [6, 6.07) is 0.478. The molecule has 0 N–H and O–H groups in total. The van der Waals surface area contributed by atoms with Crippen molar-refractivity contribution in [2.24, 2.45) is 17.8 Å². The number of likely N-dealkylation sites (tertiary alicyclic amines) is 1. The van der Waals surface area contributed by atoms with Crippen molar-refractivity contribution in [3.05, 3.63) is 0 Å².